The molecule has 1 saturated heterocycles. The van der Waals surface area contributed by atoms with Crippen molar-refractivity contribution < 1.29 is 14.3 Å². The number of nitrogens with one attached hydrogen (secondary N) is 2. The van der Waals surface area contributed by atoms with E-state index in [4.69, 9.17) is 9.47 Å². The van der Waals surface area contributed by atoms with Gasteiger partial charge in [-0.25, -0.2) is 4.79 Å². The molecule has 1 aromatic carbocycles. The second-order valence-electron chi connectivity index (χ2n) is 6.99. The molecule has 0 saturated carbocycles. The topological polar surface area (TPSA) is 59.6 Å². The summed E-state index contributed by atoms with van der Waals surface area (Å²) in [5.74, 6) is 0.673. The minimum absolute atomic E-state index is 0.391. The van der Waals surface area contributed by atoms with E-state index in [1.807, 2.05) is 32.9 Å². The van der Waals surface area contributed by atoms with Gasteiger partial charge in [0.2, 0.25) is 0 Å². The highest BCUT2D eigenvalue weighted by Crippen LogP contribution is 2.17. The molecule has 2 rings (SSSR count). The number of rotatable bonds is 5. The van der Waals surface area contributed by atoms with E-state index in [-0.39, 0.29) is 0 Å². The Labute approximate surface area is 138 Å². The minimum atomic E-state index is -0.475. The van der Waals surface area contributed by atoms with Crippen LogP contribution in [0.1, 0.15) is 39.2 Å². The van der Waals surface area contributed by atoms with Crippen molar-refractivity contribution in [3.05, 3.63) is 29.8 Å². The van der Waals surface area contributed by atoms with Crippen molar-refractivity contribution in [1.29, 1.82) is 0 Å². The lowest BCUT2D eigenvalue weighted by molar-refractivity contribution is 0.0523. The van der Waals surface area contributed by atoms with Gasteiger partial charge < -0.3 is 20.1 Å². The molecule has 0 spiro atoms. The maximum atomic E-state index is 11.7. The molecular weight excluding hydrogens is 292 g/mol. The van der Waals surface area contributed by atoms with E-state index in [0.717, 1.165) is 43.9 Å². The van der Waals surface area contributed by atoms with Gasteiger partial charge in [-0.3, -0.25) is 0 Å². The Hall–Kier alpha value is -1.75. The molecule has 0 atom stereocenters. The van der Waals surface area contributed by atoms with E-state index in [1.54, 1.807) is 0 Å². The predicted molar refractivity (Wildman–Crippen MR) is 91.5 cm³/mol. The molecule has 5 nitrogen and oxygen atoms in total. The first-order valence-corrected chi connectivity index (χ1v) is 8.30. The van der Waals surface area contributed by atoms with Gasteiger partial charge in [0, 0.05) is 32.0 Å². The van der Waals surface area contributed by atoms with E-state index in [2.05, 4.69) is 22.8 Å². The van der Waals surface area contributed by atoms with Crippen molar-refractivity contribution in [2.24, 2.45) is 5.92 Å². The SMILES string of the molecule is CC(C)(C)OC(=O)NCc1cccc(NCC2CCOCC2)c1. The van der Waals surface area contributed by atoms with Crippen molar-refractivity contribution >= 4 is 11.8 Å². The number of benzene rings is 1. The summed E-state index contributed by atoms with van der Waals surface area (Å²) < 4.78 is 10.6. The van der Waals surface area contributed by atoms with Crippen LogP contribution in [0.15, 0.2) is 24.3 Å². The van der Waals surface area contributed by atoms with E-state index < -0.39 is 11.7 Å². The molecule has 1 heterocycles. The molecule has 2 N–H and O–H groups in total. The highest BCUT2D eigenvalue weighted by Gasteiger charge is 2.16. The van der Waals surface area contributed by atoms with Gasteiger partial charge in [-0.2, -0.15) is 0 Å². The third-order valence-corrected chi connectivity index (χ3v) is 3.70. The second kappa shape index (κ2) is 8.20. The lowest BCUT2D eigenvalue weighted by Crippen LogP contribution is -2.32. The predicted octanol–water partition coefficient (Wildman–Crippen LogP) is 3.55. The van der Waals surface area contributed by atoms with Gasteiger partial charge >= 0.3 is 6.09 Å². The van der Waals surface area contributed by atoms with Crippen molar-refractivity contribution in [2.45, 2.75) is 45.8 Å². The Bertz CT molecular complexity index is 505. The number of carbonyl (C=O) groups excluding carboxylic acids is 1. The summed E-state index contributed by atoms with van der Waals surface area (Å²) in [7, 11) is 0. The summed E-state index contributed by atoms with van der Waals surface area (Å²) in [4.78, 5) is 11.7. The van der Waals surface area contributed by atoms with Crippen LogP contribution in [0.25, 0.3) is 0 Å². The molecule has 1 fully saturated rings. The lowest BCUT2D eigenvalue weighted by atomic mass is 10.0. The summed E-state index contributed by atoms with van der Waals surface area (Å²) >= 11 is 0. The summed E-state index contributed by atoms with van der Waals surface area (Å²) in [5.41, 5.74) is 1.66. The first-order chi connectivity index (χ1) is 10.9. The average Bonchev–Trinajstić information content (AvgIpc) is 2.51. The molecule has 1 aromatic rings. The minimum Gasteiger partial charge on any atom is -0.444 e. The van der Waals surface area contributed by atoms with Gasteiger partial charge in [0.25, 0.3) is 0 Å². The molecule has 1 amide bonds. The first-order valence-electron chi connectivity index (χ1n) is 8.30. The van der Waals surface area contributed by atoms with Gasteiger partial charge in [-0.1, -0.05) is 12.1 Å². The monoisotopic (exact) mass is 320 g/mol. The Balaban J connectivity index is 1.78. The Morgan fingerprint density at radius 3 is 2.74 bits per heavy atom. The Kier molecular flexibility index (Phi) is 6.28. The van der Waals surface area contributed by atoms with E-state index >= 15 is 0 Å². The number of amides is 1. The number of ether oxygens (including phenoxy) is 2. The molecule has 128 valence electrons. The molecule has 0 unspecified atom stereocenters. The van der Waals surface area contributed by atoms with Crippen LogP contribution >= 0.6 is 0 Å². The van der Waals surface area contributed by atoms with Crippen LogP contribution in [0.3, 0.4) is 0 Å². The fraction of sp³-hybridized carbons (Fsp3) is 0.611. The van der Waals surface area contributed by atoms with Crippen molar-refractivity contribution in [1.82, 2.24) is 5.32 Å². The smallest absolute Gasteiger partial charge is 0.407 e. The standard InChI is InChI=1S/C18H28N2O3/c1-18(2,3)23-17(21)20-13-15-5-4-6-16(11-15)19-12-14-7-9-22-10-8-14/h4-6,11,14,19H,7-10,12-13H2,1-3H3,(H,20,21). The third kappa shape index (κ3) is 6.91. The van der Waals surface area contributed by atoms with Crippen molar-refractivity contribution in [3.8, 4) is 0 Å². The quantitative estimate of drug-likeness (QED) is 0.871. The highest BCUT2D eigenvalue weighted by atomic mass is 16.6. The second-order valence-corrected chi connectivity index (χ2v) is 6.99. The van der Waals surface area contributed by atoms with Gasteiger partial charge in [0.05, 0.1) is 0 Å². The number of anilines is 1. The summed E-state index contributed by atoms with van der Waals surface area (Å²) in [5, 5.41) is 6.26. The van der Waals surface area contributed by atoms with Gasteiger partial charge in [0.15, 0.2) is 0 Å². The maximum absolute atomic E-state index is 11.7. The number of hydrogen-bond acceptors (Lipinski definition) is 4. The van der Waals surface area contributed by atoms with Crippen molar-refractivity contribution in [3.63, 3.8) is 0 Å². The summed E-state index contributed by atoms with van der Waals surface area (Å²) in [6, 6.07) is 8.11. The van der Waals surface area contributed by atoms with E-state index in [9.17, 15) is 4.79 Å². The number of hydrogen-bond donors (Lipinski definition) is 2. The molecule has 0 bridgehead atoms. The average molecular weight is 320 g/mol. The fourth-order valence-electron chi connectivity index (χ4n) is 2.49. The molecule has 0 radical (unpaired) electrons. The van der Waals surface area contributed by atoms with Crippen LogP contribution in [-0.4, -0.2) is 31.5 Å². The van der Waals surface area contributed by atoms with Crippen LogP contribution in [0.4, 0.5) is 10.5 Å². The van der Waals surface area contributed by atoms with Crippen LogP contribution in [-0.2, 0) is 16.0 Å². The molecule has 1 aliphatic heterocycles. The fourth-order valence-corrected chi connectivity index (χ4v) is 2.49. The van der Waals surface area contributed by atoms with Gasteiger partial charge in [0.1, 0.15) is 5.60 Å². The van der Waals surface area contributed by atoms with Crippen LogP contribution in [0.5, 0.6) is 0 Å². The van der Waals surface area contributed by atoms with E-state index in [1.165, 1.54) is 0 Å². The zero-order valence-corrected chi connectivity index (χ0v) is 14.4. The Morgan fingerprint density at radius 1 is 1.30 bits per heavy atom. The number of carbonyl (C=O) groups is 1. The van der Waals surface area contributed by atoms with Gasteiger partial charge in [-0.15, -0.1) is 0 Å². The lowest BCUT2D eigenvalue weighted by Gasteiger charge is -2.22. The third-order valence-electron chi connectivity index (χ3n) is 3.70. The van der Waals surface area contributed by atoms with Crippen LogP contribution < -0.4 is 10.6 Å². The molecule has 0 aliphatic carbocycles. The first kappa shape index (κ1) is 17.6. The molecular formula is C18H28N2O3. The summed E-state index contributed by atoms with van der Waals surface area (Å²) in [6.07, 6.45) is 1.85. The number of alkyl carbamates (subject to hydrolysis) is 1. The molecule has 5 heteroatoms. The van der Waals surface area contributed by atoms with Crippen LogP contribution in [0.2, 0.25) is 0 Å². The largest absolute Gasteiger partial charge is 0.444 e. The van der Waals surface area contributed by atoms with Gasteiger partial charge in [-0.05, 0) is 57.2 Å². The summed E-state index contributed by atoms with van der Waals surface area (Å²) in [6.45, 7) is 8.72. The highest BCUT2D eigenvalue weighted by molar-refractivity contribution is 5.67. The zero-order valence-electron chi connectivity index (χ0n) is 14.4. The molecule has 0 aromatic heterocycles. The van der Waals surface area contributed by atoms with E-state index in [0.29, 0.717) is 12.5 Å². The molecule has 23 heavy (non-hydrogen) atoms. The maximum Gasteiger partial charge on any atom is 0.407 e. The van der Waals surface area contributed by atoms with Crippen LogP contribution in [0, 0.1) is 5.92 Å². The molecule has 1 aliphatic rings. The Morgan fingerprint density at radius 2 is 2.04 bits per heavy atom. The van der Waals surface area contributed by atoms with Crippen molar-refractivity contribution in [2.75, 3.05) is 25.1 Å². The zero-order chi connectivity index (χ0) is 16.7. The normalized spacial score (nSPS) is 16.0.